The van der Waals surface area contributed by atoms with Gasteiger partial charge in [-0.3, -0.25) is 0 Å². The molecule has 1 saturated heterocycles. The third-order valence-electron chi connectivity index (χ3n) is 6.30. The summed E-state index contributed by atoms with van der Waals surface area (Å²) in [5.74, 6) is 1.45. The summed E-state index contributed by atoms with van der Waals surface area (Å²) >= 11 is 6.19. The zero-order valence-corrected chi connectivity index (χ0v) is 20.6. The predicted molar refractivity (Wildman–Crippen MR) is 132 cm³/mol. The summed E-state index contributed by atoms with van der Waals surface area (Å²) in [4.78, 5) is 11.4. The highest BCUT2D eigenvalue weighted by molar-refractivity contribution is 7.89. The van der Waals surface area contributed by atoms with E-state index in [0.29, 0.717) is 49.0 Å². The minimum absolute atomic E-state index is 0.261. The van der Waals surface area contributed by atoms with Crippen molar-refractivity contribution < 1.29 is 8.42 Å². The van der Waals surface area contributed by atoms with Gasteiger partial charge in [-0.1, -0.05) is 48.0 Å². The molecule has 5 rings (SSSR count). The summed E-state index contributed by atoms with van der Waals surface area (Å²) < 4.78 is 30.0. The number of anilines is 1. The van der Waals surface area contributed by atoms with Crippen molar-refractivity contribution in [3.63, 3.8) is 0 Å². The molecule has 0 bridgehead atoms. The van der Waals surface area contributed by atoms with E-state index >= 15 is 0 Å². The van der Waals surface area contributed by atoms with E-state index in [1.54, 1.807) is 29.6 Å². The zero-order chi connectivity index (χ0) is 23.9. The van der Waals surface area contributed by atoms with Crippen LogP contribution in [0, 0.1) is 13.8 Å². The number of halogens is 1. The molecule has 2 aromatic heterocycles. The number of hydrogen-bond acceptors (Lipinski definition) is 6. The Morgan fingerprint density at radius 1 is 0.971 bits per heavy atom. The maximum atomic E-state index is 13.3. The van der Waals surface area contributed by atoms with Crippen LogP contribution in [0.25, 0.3) is 5.78 Å². The number of piperazine rings is 1. The van der Waals surface area contributed by atoms with Crippen molar-refractivity contribution in [2.45, 2.75) is 25.2 Å². The molecule has 1 aliphatic heterocycles. The molecular formula is C24H25ClN6O2S. The molecule has 3 heterocycles. The third-order valence-corrected chi connectivity index (χ3v) is 8.75. The van der Waals surface area contributed by atoms with Crippen LogP contribution in [0.5, 0.6) is 0 Å². The number of rotatable bonds is 5. The summed E-state index contributed by atoms with van der Waals surface area (Å²) in [6.07, 6.45) is 2.20. The van der Waals surface area contributed by atoms with Crippen molar-refractivity contribution in [1.82, 2.24) is 23.9 Å². The highest BCUT2D eigenvalue weighted by atomic mass is 35.5. The minimum atomic E-state index is -3.64. The van der Waals surface area contributed by atoms with Crippen molar-refractivity contribution in [2.75, 3.05) is 31.1 Å². The zero-order valence-electron chi connectivity index (χ0n) is 19.0. The summed E-state index contributed by atoms with van der Waals surface area (Å²) in [6.45, 7) is 5.49. The van der Waals surface area contributed by atoms with E-state index in [-0.39, 0.29) is 4.90 Å². The van der Waals surface area contributed by atoms with E-state index in [0.717, 1.165) is 17.1 Å². The maximum Gasteiger partial charge on any atom is 0.254 e. The quantitative estimate of drug-likeness (QED) is 0.420. The third kappa shape index (κ3) is 4.04. The van der Waals surface area contributed by atoms with Crippen LogP contribution in [0.1, 0.15) is 22.4 Å². The van der Waals surface area contributed by atoms with Crippen molar-refractivity contribution in [1.29, 1.82) is 0 Å². The van der Waals surface area contributed by atoms with E-state index in [9.17, 15) is 8.42 Å². The van der Waals surface area contributed by atoms with Crippen molar-refractivity contribution in [3.8, 4) is 0 Å². The number of benzene rings is 2. The lowest BCUT2D eigenvalue weighted by Gasteiger charge is -2.36. The number of nitrogens with zero attached hydrogens (tertiary/aromatic N) is 6. The first kappa shape index (κ1) is 22.8. The molecule has 0 spiro atoms. The highest BCUT2D eigenvalue weighted by Crippen LogP contribution is 2.30. The topological polar surface area (TPSA) is 83.7 Å². The Morgan fingerprint density at radius 2 is 1.71 bits per heavy atom. The van der Waals surface area contributed by atoms with Crippen LogP contribution < -0.4 is 4.90 Å². The molecule has 34 heavy (non-hydrogen) atoms. The summed E-state index contributed by atoms with van der Waals surface area (Å²) in [7, 11) is -3.64. The minimum Gasteiger partial charge on any atom is -0.354 e. The van der Waals surface area contributed by atoms with Crippen LogP contribution in [0.2, 0.25) is 5.02 Å². The van der Waals surface area contributed by atoms with Crippen molar-refractivity contribution in [2.24, 2.45) is 0 Å². The molecule has 176 valence electrons. The van der Waals surface area contributed by atoms with E-state index in [2.05, 4.69) is 32.1 Å². The second kappa shape index (κ2) is 8.98. The Balaban J connectivity index is 1.46. The van der Waals surface area contributed by atoms with Gasteiger partial charge in [-0.15, -0.1) is 0 Å². The van der Waals surface area contributed by atoms with Gasteiger partial charge in [0.2, 0.25) is 10.0 Å². The van der Waals surface area contributed by atoms with Gasteiger partial charge in [0.15, 0.2) is 0 Å². The molecular weight excluding hydrogens is 472 g/mol. The van der Waals surface area contributed by atoms with E-state index in [1.807, 2.05) is 25.1 Å². The van der Waals surface area contributed by atoms with Gasteiger partial charge in [-0.25, -0.2) is 13.4 Å². The first-order chi connectivity index (χ1) is 16.4. The Morgan fingerprint density at radius 3 is 2.44 bits per heavy atom. The fourth-order valence-electron chi connectivity index (χ4n) is 4.45. The van der Waals surface area contributed by atoms with E-state index in [4.69, 9.17) is 11.6 Å². The van der Waals surface area contributed by atoms with Gasteiger partial charge in [-0.2, -0.15) is 18.9 Å². The summed E-state index contributed by atoms with van der Waals surface area (Å²) in [6, 6.07) is 15.2. The molecule has 0 saturated carbocycles. The van der Waals surface area contributed by atoms with Crippen LogP contribution in [-0.4, -0.2) is 58.5 Å². The van der Waals surface area contributed by atoms with Gasteiger partial charge in [-0.05, 0) is 37.1 Å². The van der Waals surface area contributed by atoms with Gasteiger partial charge in [0.05, 0.1) is 4.90 Å². The van der Waals surface area contributed by atoms with E-state index in [1.165, 1.54) is 16.2 Å². The van der Waals surface area contributed by atoms with Crippen molar-refractivity contribution in [3.05, 3.63) is 82.3 Å². The molecule has 0 N–H and O–H groups in total. The normalized spacial score (nSPS) is 15.2. The van der Waals surface area contributed by atoms with Gasteiger partial charge in [0.25, 0.3) is 5.78 Å². The molecule has 0 atom stereocenters. The number of hydrogen-bond donors (Lipinski definition) is 0. The second-order valence-electron chi connectivity index (χ2n) is 8.39. The fraction of sp³-hybridized carbons (Fsp3) is 0.292. The summed E-state index contributed by atoms with van der Waals surface area (Å²) in [5, 5.41) is 4.88. The van der Waals surface area contributed by atoms with Crippen molar-refractivity contribution >= 4 is 33.2 Å². The molecule has 10 heteroatoms. The first-order valence-electron chi connectivity index (χ1n) is 11.1. The largest absolute Gasteiger partial charge is 0.354 e. The second-order valence-corrected chi connectivity index (χ2v) is 10.7. The average molecular weight is 497 g/mol. The van der Waals surface area contributed by atoms with Gasteiger partial charge in [0.1, 0.15) is 12.1 Å². The molecule has 0 amide bonds. The lowest BCUT2D eigenvalue weighted by Crippen LogP contribution is -2.49. The molecule has 1 aliphatic rings. The van der Waals surface area contributed by atoms with Crippen LogP contribution in [0.15, 0.2) is 59.8 Å². The Bertz CT molecular complexity index is 1450. The van der Waals surface area contributed by atoms with Crippen LogP contribution in [0.3, 0.4) is 0 Å². The molecule has 1 fully saturated rings. The van der Waals surface area contributed by atoms with Crippen LogP contribution in [-0.2, 0) is 16.4 Å². The number of aryl methyl sites for hydroxylation is 1. The Kier molecular flexibility index (Phi) is 6.01. The van der Waals surface area contributed by atoms with E-state index < -0.39 is 10.0 Å². The van der Waals surface area contributed by atoms with Gasteiger partial charge in [0, 0.05) is 48.9 Å². The molecule has 0 aliphatic carbocycles. The summed E-state index contributed by atoms with van der Waals surface area (Å²) in [5.41, 5.74) is 3.70. The molecule has 2 aromatic carbocycles. The van der Waals surface area contributed by atoms with Crippen LogP contribution in [0.4, 0.5) is 5.82 Å². The predicted octanol–water partition coefficient (Wildman–Crippen LogP) is 3.50. The lowest BCUT2D eigenvalue weighted by atomic mass is 10.0. The van der Waals surface area contributed by atoms with Gasteiger partial charge >= 0.3 is 0 Å². The Labute approximate surface area is 203 Å². The lowest BCUT2D eigenvalue weighted by molar-refractivity contribution is 0.382. The van der Waals surface area contributed by atoms with Crippen LogP contribution >= 0.6 is 11.6 Å². The molecule has 0 unspecified atom stereocenters. The SMILES string of the molecule is Cc1nc2ncnn2c(N2CCN(S(=O)(=O)c3cccc(Cl)c3C)CC2)c1Cc1ccccc1. The highest BCUT2D eigenvalue weighted by Gasteiger charge is 2.32. The monoisotopic (exact) mass is 496 g/mol. The smallest absolute Gasteiger partial charge is 0.254 e. The fourth-order valence-corrected chi connectivity index (χ4v) is 6.35. The number of fused-ring (bicyclic) bond motifs is 1. The average Bonchev–Trinajstić information content (AvgIpc) is 3.30. The molecule has 8 nitrogen and oxygen atoms in total. The molecule has 0 radical (unpaired) electrons. The number of aromatic nitrogens is 4. The first-order valence-corrected chi connectivity index (χ1v) is 12.9. The number of sulfonamides is 1. The Hall–Kier alpha value is -3.01. The van der Waals surface area contributed by atoms with Gasteiger partial charge < -0.3 is 4.90 Å². The maximum absolute atomic E-state index is 13.3. The molecule has 4 aromatic rings. The standard InChI is InChI=1S/C24H25ClN6O2S/c1-17-21(25)9-6-10-22(17)34(32,33)30-13-11-29(12-14-30)23-20(15-19-7-4-3-5-8-19)18(2)28-24-26-16-27-31(23)24/h3-10,16H,11-15H2,1-2H3.